The van der Waals surface area contributed by atoms with Crippen LogP contribution in [0.4, 0.5) is 0 Å². The van der Waals surface area contributed by atoms with Crippen LogP contribution in [-0.2, 0) is 6.54 Å². The van der Waals surface area contributed by atoms with E-state index in [1.165, 1.54) is 17.3 Å². The number of benzene rings is 1. The second kappa shape index (κ2) is 8.10. The summed E-state index contributed by atoms with van der Waals surface area (Å²) in [6.45, 7) is 0.649. The van der Waals surface area contributed by atoms with Crippen LogP contribution in [0.25, 0.3) is 31.8 Å². The van der Waals surface area contributed by atoms with Gasteiger partial charge in [0, 0.05) is 29.5 Å². The number of rotatable bonds is 5. The third-order valence-corrected chi connectivity index (χ3v) is 7.25. The Balaban J connectivity index is 1.47. The van der Waals surface area contributed by atoms with E-state index in [2.05, 4.69) is 46.8 Å². The van der Waals surface area contributed by atoms with E-state index in [0.29, 0.717) is 6.54 Å². The van der Waals surface area contributed by atoms with Gasteiger partial charge in [-0.05, 0) is 41.6 Å². The first-order valence-electron chi connectivity index (χ1n) is 9.90. The average molecular weight is 454 g/mol. The molecular weight excluding hydrogens is 438 g/mol. The summed E-state index contributed by atoms with van der Waals surface area (Å²) in [6, 6.07) is 18.2. The summed E-state index contributed by atoms with van der Waals surface area (Å²) >= 11 is 3.10. The lowest BCUT2D eigenvalue weighted by Crippen LogP contribution is -2.04. The van der Waals surface area contributed by atoms with Crippen molar-refractivity contribution in [3.8, 4) is 11.4 Å². The molecule has 6 rings (SSSR count). The number of hydrogen-bond donors (Lipinski definition) is 0. The van der Waals surface area contributed by atoms with Crippen LogP contribution in [0.2, 0.25) is 0 Å². The van der Waals surface area contributed by atoms with Gasteiger partial charge >= 0.3 is 0 Å². The largest absolute Gasteiger partial charge is 0.297 e. The molecule has 6 aromatic rings. The van der Waals surface area contributed by atoms with Crippen molar-refractivity contribution in [2.45, 2.75) is 16.7 Å². The highest BCUT2D eigenvalue weighted by Gasteiger charge is 2.19. The highest BCUT2D eigenvalue weighted by molar-refractivity contribution is 7.99. The van der Waals surface area contributed by atoms with Gasteiger partial charge in [-0.1, -0.05) is 30.3 Å². The number of hydrogen-bond acceptors (Lipinski definition) is 8. The van der Waals surface area contributed by atoms with Crippen molar-refractivity contribution in [3.05, 3.63) is 85.1 Å². The number of nitrogens with zero attached hydrogens (tertiary/aromatic N) is 7. The van der Waals surface area contributed by atoms with Gasteiger partial charge in [0.15, 0.2) is 11.0 Å². The minimum atomic E-state index is 0.649. The molecule has 154 valence electrons. The van der Waals surface area contributed by atoms with E-state index in [4.69, 9.17) is 0 Å². The molecule has 0 aliphatic rings. The molecule has 0 amide bonds. The Morgan fingerprint density at radius 2 is 1.72 bits per heavy atom. The molecule has 0 spiro atoms. The summed E-state index contributed by atoms with van der Waals surface area (Å²) in [5, 5.41) is 11.7. The molecule has 1 aromatic carbocycles. The van der Waals surface area contributed by atoms with Gasteiger partial charge in [-0.3, -0.25) is 9.55 Å². The summed E-state index contributed by atoms with van der Waals surface area (Å²) < 4.78 is 3.13. The molecular formula is C23H15N7S2. The zero-order valence-electron chi connectivity index (χ0n) is 16.7. The van der Waals surface area contributed by atoms with E-state index in [-0.39, 0.29) is 0 Å². The van der Waals surface area contributed by atoms with E-state index in [1.807, 2.05) is 42.5 Å². The fraction of sp³-hybridized carbons (Fsp3) is 0.0435. The van der Waals surface area contributed by atoms with Crippen molar-refractivity contribution in [2.24, 2.45) is 0 Å². The summed E-state index contributed by atoms with van der Waals surface area (Å²) in [5.74, 6) is 0.794. The summed E-state index contributed by atoms with van der Waals surface area (Å²) in [7, 11) is 0. The van der Waals surface area contributed by atoms with Crippen molar-refractivity contribution >= 4 is 43.5 Å². The van der Waals surface area contributed by atoms with E-state index in [9.17, 15) is 0 Å². The molecule has 5 heterocycles. The van der Waals surface area contributed by atoms with Crippen LogP contribution in [0.1, 0.15) is 5.56 Å². The first-order valence-corrected chi connectivity index (χ1v) is 11.5. The van der Waals surface area contributed by atoms with Gasteiger partial charge in [0.1, 0.15) is 16.2 Å². The summed E-state index contributed by atoms with van der Waals surface area (Å²) in [4.78, 5) is 18.6. The quantitative estimate of drug-likeness (QED) is 0.336. The molecule has 0 saturated carbocycles. The van der Waals surface area contributed by atoms with Crippen LogP contribution in [0.3, 0.4) is 0 Å². The Kier molecular flexibility index (Phi) is 4.82. The first-order chi connectivity index (χ1) is 15.9. The molecule has 0 fully saturated rings. The lowest BCUT2D eigenvalue weighted by atomic mass is 10.2. The molecule has 0 radical (unpaired) electrons. The predicted molar refractivity (Wildman–Crippen MR) is 126 cm³/mol. The van der Waals surface area contributed by atoms with Crippen LogP contribution >= 0.6 is 23.1 Å². The maximum absolute atomic E-state index is 4.57. The molecule has 0 unspecified atom stereocenters. The molecule has 0 aliphatic carbocycles. The van der Waals surface area contributed by atoms with E-state index in [1.54, 1.807) is 36.3 Å². The van der Waals surface area contributed by atoms with Gasteiger partial charge in [-0.2, -0.15) is 0 Å². The van der Waals surface area contributed by atoms with Gasteiger partial charge < -0.3 is 0 Å². The molecule has 0 aliphatic heterocycles. The Hall–Kier alpha value is -3.69. The van der Waals surface area contributed by atoms with Crippen LogP contribution in [0.5, 0.6) is 0 Å². The van der Waals surface area contributed by atoms with E-state index in [0.717, 1.165) is 42.0 Å². The summed E-state index contributed by atoms with van der Waals surface area (Å²) in [6.07, 6.45) is 6.94. The molecule has 0 bridgehead atoms. The van der Waals surface area contributed by atoms with E-state index < -0.39 is 0 Å². The van der Waals surface area contributed by atoms with Crippen molar-refractivity contribution < 1.29 is 0 Å². The average Bonchev–Trinajstić information content (AvgIpc) is 3.42. The van der Waals surface area contributed by atoms with E-state index >= 15 is 0 Å². The second-order valence-corrected chi connectivity index (χ2v) is 8.99. The Labute approximate surface area is 191 Å². The molecule has 7 nitrogen and oxygen atoms in total. The first kappa shape index (κ1) is 19.0. The topological polar surface area (TPSA) is 82.3 Å². The van der Waals surface area contributed by atoms with Crippen LogP contribution < -0.4 is 0 Å². The number of fused-ring (bicyclic) bond motifs is 3. The van der Waals surface area contributed by atoms with Gasteiger partial charge in [-0.15, -0.1) is 21.5 Å². The molecule has 9 heteroatoms. The van der Waals surface area contributed by atoms with Crippen molar-refractivity contribution in [1.82, 2.24) is 34.7 Å². The fourth-order valence-electron chi connectivity index (χ4n) is 3.54. The Bertz CT molecular complexity index is 1530. The van der Waals surface area contributed by atoms with Crippen LogP contribution in [0.15, 0.2) is 89.7 Å². The van der Waals surface area contributed by atoms with Crippen LogP contribution in [0, 0.1) is 0 Å². The maximum atomic E-state index is 4.57. The molecule has 0 saturated heterocycles. The minimum absolute atomic E-state index is 0.649. The van der Waals surface area contributed by atoms with Gasteiger partial charge in [0.05, 0.1) is 16.8 Å². The monoisotopic (exact) mass is 453 g/mol. The number of thiophene rings is 1. The van der Waals surface area contributed by atoms with Crippen molar-refractivity contribution in [3.63, 3.8) is 0 Å². The molecule has 0 atom stereocenters. The van der Waals surface area contributed by atoms with Crippen LogP contribution in [-0.4, -0.2) is 34.7 Å². The second-order valence-electron chi connectivity index (χ2n) is 7.03. The highest BCUT2D eigenvalue weighted by atomic mass is 32.2. The van der Waals surface area contributed by atoms with Gasteiger partial charge in [0.2, 0.25) is 0 Å². The Morgan fingerprint density at radius 1 is 0.844 bits per heavy atom. The molecule has 32 heavy (non-hydrogen) atoms. The highest BCUT2D eigenvalue weighted by Crippen LogP contribution is 2.38. The summed E-state index contributed by atoms with van der Waals surface area (Å²) in [5.41, 5.74) is 3.05. The molecule has 5 aromatic heterocycles. The number of aromatic nitrogens is 7. The Morgan fingerprint density at radius 3 is 2.59 bits per heavy atom. The SMILES string of the molecule is c1ccc(Cn2c(Sc3ncnc4c3sc3ncccc34)nnc2-c2ccncc2)cc1. The van der Waals surface area contributed by atoms with Gasteiger partial charge in [-0.25, -0.2) is 15.0 Å². The normalized spacial score (nSPS) is 11.4. The smallest absolute Gasteiger partial charge is 0.198 e. The lowest BCUT2D eigenvalue weighted by Gasteiger charge is -2.10. The maximum Gasteiger partial charge on any atom is 0.198 e. The third kappa shape index (κ3) is 3.41. The third-order valence-electron chi connectivity index (χ3n) is 5.02. The van der Waals surface area contributed by atoms with Crippen molar-refractivity contribution in [1.29, 1.82) is 0 Å². The van der Waals surface area contributed by atoms with Gasteiger partial charge in [0.25, 0.3) is 0 Å². The minimum Gasteiger partial charge on any atom is -0.297 e. The standard InChI is InChI=1S/C23H15N7S2/c1-2-5-15(6-3-1)13-30-20(16-8-11-24-12-9-16)28-29-23(30)32-22-19-18(26-14-27-22)17-7-4-10-25-21(17)31-19/h1-12,14H,13H2. The fourth-order valence-corrected chi connectivity index (χ4v) is 5.57. The zero-order valence-corrected chi connectivity index (χ0v) is 18.3. The zero-order chi connectivity index (χ0) is 21.3. The predicted octanol–water partition coefficient (Wildman–Crippen LogP) is 5.09. The van der Waals surface area contributed by atoms with Crippen molar-refractivity contribution in [2.75, 3.05) is 0 Å². The molecule has 0 N–H and O–H groups in total. The number of pyridine rings is 2. The lowest BCUT2D eigenvalue weighted by molar-refractivity contribution is 0.714.